The molecule has 2 unspecified atom stereocenters. The molecule has 1 aromatic rings. The minimum absolute atomic E-state index is 0.0931. The predicted octanol–water partition coefficient (Wildman–Crippen LogP) is 1.85. The Labute approximate surface area is 164 Å². The number of aryl methyl sites for hydroxylation is 1. The first-order valence-corrected chi connectivity index (χ1v) is 9.56. The molecule has 2 aliphatic rings. The van der Waals surface area contributed by atoms with E-state index in [0.29, 0.717) is 18.5 Å². The van der Waals surface area contributed by atoms with Crippen molar-refractivity contribution in [2.75, 3.05) is 7.05 Å². The number of carbonyl (C=O) groups excluding carboxylic acids is 1. The van der Waals surface area contributed by atoms with Crippen molar-refractivity contribution in [2.45, 2.75) is 56.7 Å². The Morgan fingerprint density at radius 3 is 2.46 bits per heavy atom. The number of imidazole rings is 1. The summed E-state index contributed by atoms with van der Waals surface area (Å²) in [7, 11) is 3.21. The van der Waals surface area contributed by atoms with E-state index in [9.17, 15) is 19.4 Å². The second kappa shape index (κ2) is 7.08. The van der Waals surface area contributed by atoms with Crippen LogP contribution in [0.2, 0.25) is 0 Å². The molecule has 2 fully saturated rings. The smallest absolute Gasteiger partial charge is 0.168 e. The molecule has 0 amide bonds. The van der Waals surface area contributed by atoms with Crippen molar-refractivity contribution in [2.24, 2.45) is 29.6 Å². The molecule has 2 atom stereocenters. The average molecular weight is 392 g/mol. The monoisotopic (exact) mass is 392 g/mol. The fraction of sp³-hybridized carbons (Fsp3) is 0.650. The summed E-state index contributed by atoms with van der Waals surface area (Å²) in [6, 6.07) is 0. The van der Waals surface area contributed by atoms with Gasteiger partial charge in [0.05, 0.1) is 17.7 Å². The van der Waals surface area contributed by atoms with Crippen LogP contribution in [0.15, 0.2) is 22.8 Å². The van der Waals surface area contributed by atoms with Crippen molar-refractivity contribution in [3.63, 3.8) is 0 Å². The van der Waals surface area contributed by atoms with Crippen LogP contribution in [0, 0.1) is 11.8 Å². The second-order valence-electron chi connectivity index (χ2n) is 8.73. The normalized spacial score (nSPS) is 31.7. The van der Waals surface area contributed by atoms with Gasteiger partial charge in [-0.15, -0.1) is 0 Å². The number of aromatic nitrogens is 2. The molecule has 0 bridgehead atoms. The van der Waals surface area contributed by atoms with Crippen LogP contribution in [0.4, 0.5) is 4.39 Å². The maximum absolute atomic E-state index is 14.9. The van der Waals surface area contributed by atoms with Crippen molar-refractivity contribution >= 4 is 12.0 Å². The van der Waals surface area contributed by atoms with Crippen LogP contribution < -0.4 is 5.73 Å². The predicted molar refractivity (Wildman–Crippen MR) is 104 cm³/mol. The standard InChI is InChI=1S/C20H29FN4O3/c1-19(2,27)17(22)15(21)18(23-3)20(28)7-12-5-11(6-13(12)8-20)16-14(9-26)25(4)10-24-16/h9-13,27-28H,5-8,22H2,1-4H3/b17-15+,23-18?. The fourth-order valence-electron chi connectivity index (χ4n) is 4.90. The van der Waals surface area contributed by atoms with Gasteiger partial charge in [0, 0.05) is 20.0 Å². The molecular formula is C20H29FN4O3. The lowest BCUT2D eigenvalue weighted by molar-refractivity contribution is 0.104. The number of rotatable bonds is 5. The number of aliphatic hydroxyl groups is 2. The molecule has 7 nitrogen and oxygen atoms in total. The Morgan fingerprint density at radius 2 is 2.00 bits per heavy atom. The van der Waals surface area contributed by atoms with E-state index in [1.54, 1.807) is 17.9 Å². The van der Waals surface area contributed by atoms with Gasteiger partial charge in [-0.25, -0.2) is 9.37 Å². The molecule has 8 heteroatoms. The van der Waals surface area contributed by atoms with Gasteiger partial charge in [0.1, 0.15) is 22.6 Å². The lowest BCUT2D eigenvalue weighted by atomic mass is 9.87. The first-order chi connectivity index (χ1) is 13.0. The van der Waals surface area contributed by atoms with Crippen molar-refractivity contribution in [1.29, 1.82) is 0 Å². The molecule has 0 aliphatic heterocycles. The van der Waals surface area contributed by atoms with Crippen LogP contribution >= 0.6 is 0 Å². The summed E-state index contributed by atoms with van der Waals surface area (Å²) in [6.45, 7) is 2.79. The molecule has 154 valence electrons. The Hall–Kier alpha value is -2.06. The van der Waals surface area contributed by atoms with E-state index >= 15 is 0 Å². The lowest BCUT2D eigenvalue weighted by Gasteiger charge is -2.28. The van der Waals surface area contributed by atoms with Crippen LogP contribution in [0.3, 0.4) is 0 Å². The fourth-order valence-corrected chi connectivity index (χ4v) is 4.90. The number of aldehydes is 1. The summed E-state index contributed by atoms with van der Waals surface area (Å²) in [5.74, 6) is -0.319. The zero-order valence-corrected chi connectivity index (χ0v) is 16.8. The van der Waals surface area contributed by atoms with Gasteiger partial charge in [-0.2, -0.15) is 0 Å². The molecule has 3 rings (SSSR count). The van der Waals surface area contributed by atoms with Gasteiger partial charge in [0.15, 0.2) is 12.1 Å². The summed E-state index contributed by atoms with van der Waals surface area (Å²) in [4.78, 5) is 19.8. The highest BCUT2D eigenvalue weighted by atomic mass is 19.1. The zero-order chi connectivity index (χ0) is 20.9. The third kappa shape index (κ3) is 3.39. The van der Waals surface area contributed by atoms with Crippen LogP contribution in [0.1, 0.15) is 61.6 Å². The molecule has 28 heavy (non-hydrogen) atoms. The number of nitrogens with zero attached hydrogens (tertiary/aromatic N) is 3. The van der Waals surface area contributed by atoms with Gasteiger partial charge >= 0.3 is 0 Å². The Kier molecular flexibility index (Phi) is 5.22. The largest absolute Gasteiger partial charge is 0.397 e. The molecule has 0 aromatic carbocycles. The Bertz CT molecular complexity index is 823. The third-order valence-electron chi connectivity index (χ3n) is 6.32. The van der Waals surface area contributed by atoms with Gasteiger partial charge in [-0.05, 0) is 51.4 Å². The Balaban J connectivity index is 1.80. The number of hydrogen-bond acceptors (Lipinski definition) is 6. The van der Waals surface area contributed by atoms with Gasteiger partial charge < -0.3 is 20.5 Å². The minimum atomic E-state index is -1.54. The van der Waals surface area contributed by atoms with E-state index in [-0.39, 0.29) is 29.2 Å². The molecule has 1 aromatic heterocycles. The second-order valence-corrected chi connectivity index (χ2v) is 8.73. The van der Waals surface area contributed by atoms with Crippen molar-refractivity contribution in [3.8, 4) is 0 Å². The summed E-state index contributed by atoms with van der Waals surface area (Å²) < 4.78 is 16.6. The molecule has 2 saturated carbocycles. The first-order valence-electron chi connectivity index (χ1n) is 9.56. The van der Waals surface area contributed by atoms with E-state index in [4.69, 9.17) is 5.73 Å². The number of fused-ring (bicyclic) bond motifs is 1. The number of nitrogens with two attached hydrogens (primary N) is 1. The highest BCUT2D eigenvalue weighted by Crippen LogP contribution is 2.54. The van der Waals surface area contributed by atoms with E-state index in [1.165, 1.54) is 20.9 Å². The first kappa shape index (κ1) is 20.7. The van der Waals surface area contributed by atoms with E-state index in [2.05, 4.69) is 9.98 Å². The number of aliphatic imine (C=N–C) groups is 1. The molecule has 4 N–H and O–H groups in total. The van der Waals surface area contributed by atoms with Gasteiger partial charge in [0.25, 0.3) is 0 Å². The highest BCUT2D eigenvalue weighted by molar-refractivity contribution is 6.05. The number of halogens is 1. The summed E-state index contributed by atoms with van der Waals surface area (Å²) in [6.07, 6.45) is 4.79. The van der Waals surface area contributed by atoms with Gasteiger partial charge in [0.2, 0.25) is 0 Å². The molecule has 0 radical (unpaired) electrons. The molecule has 1 heterocycles. The minimum Gasteiger partial charge on any atom is -0.397 e. The SMILES string of the molecule is CN=C(/C(F)=C(\N)C(C)(C)O)C1(O)CC2CC(c3ncn(C)c3C=O)CC2C1. The summed E-state index contributed by atoms with van der Waals surface area (Å²) >= 11 is 0. The lowest BCUT2D eigenvalue weighted by Crippen LogP contribution is -2.40. The maximum Gasteiger partial charge on any atom is 0.168 e. The van der Waals surface area contributed by atoms with Crippen LogP contribution in [-0.2, 0) is 7.05 Å². The topological polar surface area (TPSA) is 114 Å². The quantitative estimate of drug-likeness (QED) is 0.523. The summed E-state index contributed by atoms with van der Waals surface area (Å²) in [5.41, 5.74) is 3.78. The molecule has 0 saturated heterocycles. The summed E-state index contributed by atoms with van der Waals surface area (Å²) in [5, 5.41) is 21.2. The van der Waals surface area contributed by atoms with Crippen LogP contribution in [0.5, 0.6) is 0 Å². The van der Waals surface area contributed by atoms with Crippen molar-refractivity contribution < 1.29 is 19.4 Å². The zero-order valence-electron chi connectivity index (χ0n) is 16.8. The molecular weight excluding hydrogens is 363 g/mol. The molecule has 0 spiro atoms. The number of hydrogen-bond donors (Lipinski definition) is 3. The van der Waals surface area contributed by atoms with E-state index in [0.717, 1.165) is 24.8 Å². The maximum atomic E-state index is 14.9. The molecule has 2 aliphatic carbocycles. The number of carbonyl (C=O) groups is 1. The van der Waals surface area contributed by atoms with Crippen molar-refractivity contribution in [3.05, 3.63) is 29.2 Å². The van der Waals surface area contributed by atoms with Gasteiger partial charge in [-0.3, -0.25) is 9.79 Å². The Morgan fingerprint density at radius 1 is 1.43 bits per heavy atom. The third-order valence-corrected chi connectivity index (χ3v) is 6.32. The van der Waals surface area contributed by atoms with Crippen molar-refractivity contribution in [1.82, 2.24) is 9.55 Å². The van der Waals surface area contributed by atoms with Gasteiger partial charge in [-0.1, -0.05) is 0 Å². The van der Waals surface area contributed by atoms with E-state index in [1.807, 2.05) is 0 Å². The van der Waals surface area contributed by atoms with Crippen LogP contribution in [0.25, 0.3) is 0 Å². The van der Waals surface area contributed by atoms with E-state index < -0.39 is 17.0 Å². The van der Waals surface area contributed by atoms with Crippen LogP contribution in [-0.4, -0.2) is 50.0 Å². The average Bonchev–Trinajstić information content (AvgIpc) is 3.24. The highest BCUT2D eigenvalue weighted by Gasteiger charge is 2.53.